The van der Waals surface area contributed by atoms with E-state index in [0.29, 0.717) is 11.6 Å². The molecule has 1 aromatic heterocycles. The maximum atomic E-state index is 12.0. The molecule has 1 aromatic carbocycles. The third-order valence-corrected chi connectivity index (χ3v) is 4.54. The number of aromatic amines is 1. The predicted octanol–water partition coefficient (Wildman–Crippen LogP) is 3.02. The van der Waals surface area contributed by atoms with Crippen LogP contribution in [-0.2, 0) is 9.53 Å². The van der Waals surface area contributed by atoms with Crippen LogP contribution in [0.2, 0.25) is 0 Å². The molecule has 5 nitrogen and oxygen atoms in total. The Morgan fingerprint density at radius 1 is 1.26 bits per heavy atom. The highest BCUT2D eigenvalue weighted by Crippen LogP contribution is 2.23. The average Bonchev–Trinajstić information content (AvgIpc) is 2.99. The molecule has 23 heavy (non-hydrogen) atoms. The molecule has 0 aliphatic heterocycles. The van der Waals surface area contributed by atoms with E-state index in [-0.39, 0.29) is 18.6 Å². The lowest BCUT2D eigenvalue weighted by molar-refractivity contribution is -0.125. The van der Waals surface area contributed by atoms with E-state index in [2.05, 4.69) is 17.2 Å². The smallest absolute Gasteiger partial charge is 0.355 e. The van der Waals surface area contributed by atoms with Crippen molar-refractivity contribution in [3.05, 3.63) is 36.0 Å². The van der Waals surface area contributed by atoms with Gasteiger partial charge >= 0.3 is 5.97 Å². The Hall–Kier alpha value is -2.30. The monoisotopic (exact) mass is 314 g/mol. The van der Waals surface area contributed by atoms with E-state index >= 15 is 0 Å². The number of aromatic nitrogens is 1. The summed E-state index contributed by atoms with van der Waals surface area (Å²) in [6.45, 7) is 1.91. The summed E-state index contributed by atoms with van der Waals surface area (Å²) in [5.74, 6) is -0.252. The van der Waals surface area contributed by atoms with Crippen LogP contribution in [0.1, 0.15) is 43.1 Å². The zero-order valence-electron chi connectivity index (χ0n) is 13.3. The fourth-order valence-corrected chi connectivity index (χ4v) is 3.17. The molecule has 1 aliphatic carbocycles. The van der Waals surface area contributed by atoms with Crippen LogP contribution in [-0.4, -0.2) is 29.5 Å². The van der Waals surface area contributed by atoms with Crippen LogP contribution >= 0.6 is 0 Å². The summed E-state index contributed by atoms with van der Waals surface area (Å²) in [7, 11) is 0. The Labute approximate surface area is 135 Å². The van der Waals surface area contributed by atoms with Gasteiger partial charge in [0.25, 0.3) is 5.91 Å². The first-order valence-corrected chi connectivity index (χ1v) is 8.18. The maximum absolute atomic E-state index is 12.0. The van der Waals surface area contributed by atoms with Gasteiger partial charge in [-0.15, -0.1) is 0 Å². The minimum absolute atomic E-state index is 0.197. The lowest BCUT2D eigenvalue weighted by atomic mass is 9.86. The van der Waals surface area contributed by atoms with Gasteiger partial charge in [-0.2, -0.15) is 0 Å². The minimum Gasteiger partial charge on any atom is -0.451 e. The van der Waals surface area contributed by atoms with E-state index < -0.39 is 5.97 Å². The van der Waals surface area contributed by atoms with Crippen molar-refractivity contribution >= 4 is 22.8 Å². The number of hydrogen-bond donors (Lipinski definition) is 2. The standard InChI is InChI=1S/C18H22N2O3/c1-12-6-2-4-8-14(12)20-17(21)11-23-18(22)16-10-13-7-3-5-9-15(13)19-16/h3,5,7,9-10,12,14,19H,2,4,6,8,11H2,1H3,(H,20,21)/t12-,14+/m1/s1. The molecular formula is C18H22N2O3. The summed E-state index contributed by atoms with van der Waals surface area (Å²) in [6, 6.07) is 9.54. The van der Waals surface area contributed by atoms with Crippen molar-refractivity contribution in [1.82, 2.24) is 10.3 Å². The molecule has 5 heteroatoms. The summed E-state index contributed by atoms with van der Waals surface area (Å²) >= 11 is 0. The SMILES string of the molecule is C[C@@H]1CCCC[C@@H]1NC(=O)COC(=O)c1cc2ccccc2[nH]1. The molecule has 0 saturated heterocycles. The highest BCUT2D eigenvalue weighted by molar-refractivity contribution is 5.95. The summed E-state index contributed by atoms with van der Waals surface area (Å²) in [4.78, 5) is 27.0. The summed E-state index contributed by atoms with van der Waals surface area (Å²) in [5, 5.41) is 3.92. The van der Waals surface area contributed by atoms with Gasteiger partial charge in [-0.05, 0) is 30.9 Å². The number of ether oxygens (including phenoxy) is 1. The van der Waals surface area contributed by atoms with E-state index in [0.717, 1.165) is 30.2 Å². The Morgan fingerprint density at radius 2 is 2.04 bits per heavy atom. The molecule has 1 heterocycles. The van der Waals surface area contributed by atoms with Crippen molar-refractivity contribution in [2.24, 2.45) is 5.92 Å². The van der Waals surface area contributed by atoms with Gasteiger partial charge in [-0.1, -0.05) is 38.0 Å². The van der Waals surface area contributed by atoms with Crippen molar-refractivity contribution in [3.63, 3.8) is 0 Å². The number of H-pyrrole nitrogens is 1. The molecular weight excluding hydrogens is 292 g/mol. The van der Waals surface area contributed by atoms with Gasteiger partial charge in [0.2, 0.25) is 0 Å². The number of para-hydroxylation sites is 1. The van der Waals surface area contributed by atoms with E-state index in [1.54, 1.807) is 6.07 Å². The van der Waals surface area contributed by atoms with Crippen molar-refractivity contribution in [2.45, 2.75) is 38.6 Å². The van der Waals surface area contributed by atoms with Crippen molar-refractivity contribution in [3.8, 4) is 0 Å². The molecule has 1 aliphatic rings. The van der Waals surface area contributed by atoms with Gasteiger partial charge < -0.3 is 15.0 Å². The number of rotatable bonds is 4. The summed E-state index contributed by atoms with van der Waals surface area (Å²) in [6.07, 6.45) is 4.51. The lowest BCUT2D eigenvalue weighted by Gasteiger charge is -2.29. The lowest BCUT2D eigenvalue weighted by Crippen LogP contribution is -2.42. The van der Waals surface area contributed by atoms with Crippen LogP contribution in [0.5, 0.6) is 0 Å². The predicted molar refractivity (Wildman–Crippen MR) is 88.1 cm³/mol. The van der Waals surface area contributed by atoms with Gasteiger partial charge in [-0.3, -0.25) is 4.79 Å². The zero-order chi connectivity index (χ0) is 16.2. The number of esters is 1. The topological polar surface area (TPSA) is 71.2 Å². The van der Waals surface area contributed by atoms with Gasteiger partial charge in [0, 0.05) is 16.9 Å². The molecule has 2 N–H and O–H groups in total. The second kappa shape index (κ2) is 6.86. The van der Waals surface area contributed by atoms with Crippen LogP contribution in [0.15, 0.2) is 30.3 Å². The average molecular weight is 314 g/mol. The number of hydrogen-bond acceptors (Lipinski definition) is 3. The van der Waals surface area contributed by atoms with Gasteiger partial charge in [0.15, 0.2) is 6.61 Å². The highest BCUT2D eigenvalue weighted by atomic mass is 16.5. The van der Waals surface area contributed by atoms with E-state index in [9.17, 15) is 9.59 Å². The number of fused-ring (bicyclic) bond motifs is 1. The normalized spacial score (nSPS) is 21.1. The number of carbonyl (C=O) groups excluding carboxylic acids is 2. The number of carbonyl (C=O) groups is 2. The van der Waals surface area contributed by atoms with Crippen molar-refractivity contribution < 1.29 is 14.3 Å². The largest absolute Gasteiger partial charge is 0.451 e. The first-order valence-electron chi connectivity index (χ1n) is 8.18. The zero-order valence-corrected chi connectivity index (χ0v) is 13.3. The van der Waals surface area contributed by atoms with Crippen LogP contribution in [0.25, 0.3) is 10.9 Å². The fraction of sp³-hybridized carbons (Fsp3) is 0.444. The second-order valence-corrected chi connectivity index (χ2v) is 6.28. The molecule has 2 aromatic rings. The second-order valence-electron chi connectivity index (χ2n) is 6.28. The number of amides is 1. The molecule has 0 bridgehead atoms. The minimum atomic E-state index is -0.506. The Balaban J connectivity index is 1.52. The molecule has 122 valence electrons. The van der Waals surface area contributed by atoms with Crippen molar-refractivity contribution in [1.29, 1.82) is 0 Å². The molecule has 1 saturated carbocycles. The number of nitrogens with one attached hydrogen (secondary N) is 2. The molecule has 0 unspecified atom stereocenters. The van der Waals surface area contributed by atoms with Gasteiger partial charge in [0.05, 0.1) is 0 Å². The Morgan fingerprint density at radius 3 is 2.83 bits per heavy atom. The molecule has 0 spiro atoms. The molecule has 1 amide bonds. The fourth-order valence-electron chi connectivity index (χ4n) is 3.17. The van der Waals surface area contributed by atoms with Crippen LogP contribution in [0.4, 0.5) is 0 Å². The molecule has 2 atom stereocenters. The number of benzene rings is 1. The third kappa shape index (κ3) is 3.73. The first-order chi connectivity index (χ1) is 11.1. The Bertz CT molecular complexity index is 674. The Kier molecular flexibility index (Phi) is 4.65. The van der Waals surface area contributed by atoms with E-state index in [1.807, 2.05) is 24.3 Å². The van der Waals surface area contributed by atoms with E-state index in [1.165, 1.54) is 6.42 Å². The summed E-state index contributed by atoms with van der Waals surface area (Å²) in [5.41, 5.74) is 1.24. The third-order valence-electron chi connectivity index (χ3n) is 4.54. The van der Waals surface area contributed by atoms with E-state index in [4.69, 9.17) is 4.74 Å². The molecule has 0 radical (unpaired) electrons. The molecule has 1 fully saturated rings. The first kappa shape index (κ1) is 15.6. The van der Waals surface area contributed by atoms with Gasteiger partial charge in [0.1, 0.15) is 5.69 Å². The molecule has 3 rings (SSSR count). The van der Waals surface area contributed by atoms with Crippen molar-refractivity contribution in [2.75, 3.05) is 6.61 Å². The van der Waals surface area contributed by atoms with Crippen LogP contribution in [0.3, 0.4) is 0 Å². The quantitative estimate of drug-likeness (QED) is 0.852. The van der Waals surface area contributed by atoms with Crippen LogP contribution < -0.4 is 5.32 Å². The van der Waals surface area contributed by atoms with Gasteiger partial charge in [-0.25, -0.2) is 4.79 Å². The highest BCUT2D eigenvalue weighted by Gasteiger charge is 2.23. The maximum Gasteiger partial charge on any atom is 0.355 e. The summed E-state index contributed by atoms with van der Waals surface area (Å²) < 4.78 is 5.11. The van der Waals surface area contributed by atoms with Crippen LogP contribution in [0, 0.1) is 5.92 Å².